The van der Waals surface area contributed by atoms with Crippen molar-refractivity contribution in [1.82, 2.24) is 4.57 Å². The van der Waals surface area contributed by atoms with E-state index in [2.05, 4.69) is 108 Å². The SMILES string of the molecule is C1=C(c2ccccc2)C=C(c2ccccc2)c2cc3ccccc3n2C1. The highest BCUT2D eigenvalue weighted by molar-refractivity contribution is 5.95. The van der Waals surface area contributed by atoms with Crippen LogP contribution in [0.3, 0.4) is 0 Å². The summed E-state index contributed by atoms with van der Waals surface area (Å²) in [6.07, 6.45) is 4.67. The highest BCUT2D eigenvalue weighted by Crippen LogP contribution is 2.34. The van der Waals surface area contributed by atoms with Gasteiger partial charge in [0, 0.05) is 23.0 Å². The second-order valence-corrected chi connectivity index (χ2v) is 6.65. The van der Waals surface area contributed by atoms with Crippen LogP contribution in [0, 0.1) is 0 Å². The van der Waals surface area contributed by atoms with E-state index in [1.165, 1.54) is 38.9 Å². The molecule has 1 nitrogen and oxygen atoms in total. The van der Waals surface area contributed by atoms with E-state index in [9.17, 15) is 0 Å². The van der Waals surface area contributed by atoms with Crippen molar-refractivity contribution in [3.8, 4) is 0 Å². The zero-order valence-corrected chi connectivity index (χ0v) is 14.5. The van der Waals surface area contributed by atoms with Gasteiger partial charge in [0.25, 0.3) is 0 Å². The monoisotopic (exact) mass is 333 g/mol. The van der Waals surface area contributed by atoms with Gasteiger partial charge in [-0.1, -0.05) is 84.9 Å². The average Bonchev–Trinajstić information content (AvgIpc) is 2.97. The summed E-state index contributed by atoms with van der Waals surface area (Å²) in [5.74, 6) is 0. The van der Waals surface area contributed by atoms with Crippen molar-refractivity contribution in [3.63, 3.8) is 0 Å². The molecule has 0 radical (unpaired) electrons. The second-order valence-electron chi connectivity index (χ2n) is 6.65. The van der Waals surface area contributed by atoms with Gasteiger partial charge in [0.2, 0.25) is 0 Å². The molecule has 2 heterocycles. The third-order valence-electron chi connectivity index (χ3n) is 5.07. The molecule has 1 aliphatic rings. The van der Waals surface area contributed by atoms with Crippen molar-refractivity contribution in [2.45, 2.75) is 6.54 Å². The molecule has 0 N–H and O–H groups in total. The van der Waals surface area contributed by atoms with Crippen molar-refractivity contribution in [2.24, 2.45) is 0 Å². The summed E-state index contributed by atoms with van der Waals surface area (Å²) in [5, 5.41) is 1.29. The number of para-hydroxylation sites is 1. The molecule has 3 aromatic carbocycles. The molecule has 1 aromatic heterocycles. The third kappa shape index (κ3) is 2.49. The molecule has 0 saturated carbocycles. The quantitative estimate of drug-likeness (QED) is 0.413. The first-order valence-electron chi connectivity index (χ1n) is 9.01. The van der Waals surface area contributed by atoms with E-state index in [4.69, 9.17) is 0 Å². The van der Waals surface area contributed by atoms with Gasteiger partial charge in [-0.25, -0.2) is 0 Å². The molecule has 0 unspecified atom stereocenters. The Morgan fingerprint density at radius 2 is 1.31 bits per heavy atom. The Morgan fingerprint density at radius 1 is 0.654 bits per heavy atom. The summed E-state index contributed by atoms with van der Waals surface area (Å²) in [4.78, 5) is 0. The second kappa shape index (κ2) is 6.20. The van der Waals surface area contributed by atoms with Crippen molar-refractivity contribution < 1.29 is 0 Å². The number of hydrogen-bond donors (Lipinski definition) is 0. The zero-order chi connectivity index (χ0) is 17.3. The number of allylic oxidation sites excluding steroid dienone is 3. The predicted octanol–water partition coefficient (Wildman–Crippen LogP) is 6.17. The highest BCUT2D eigenvalue weighted by atomic mass is 15.0. The molecule has 0 bridgehead atoms. The van der Waals surface area contributed by atoms with Crippen LogP contribution in [0.2, 0.25) is 0 Å². The molecule has 124 valence electrons. The van der Waals surface area contributed by atoms with Crippen molar-refractivity contribution in [2.75, 3.05) is 0 Å². The van der Waals surface area contributed by atoms with Crippen LogP contribution in [0.1, 0.15) is 16.8 Å². The van der Waals surface area contributed by atoms with Crippen LogP contribution in [0.5, 0.6) is 0 Å². The summed E-state index contributed by atoms with van der Waals surface area (Å²) in [5.41, 5.74) is 7.62. The number of hydrogen-bond acceptors (Lipinski definition) is 0. The highest BCUT2D eigenvalue weighted by Gasteiger charge is 2.17. The Balaban J connectivity index is 1.77. The summed E-state index contributed by atoms with van der Waals surface area (Å²) in [6.45, 7) is 0.875. The van der Waals surface area contributed by atoms with Gasteiger partial charge in [0.15, 0.2) is 0 Å². The zero-order valence-electron chi connectivity index (χ0n) is 14.5. The van der Waals surface area contributed by atoms with Crippen LogP contribution in [0.15, 0.2) is 103 Å². The minimum absolute atomic E-state index is 0.875. The summed E-state index contributed by atoms with van der Waals surface area (Å²) in [7, 11) is 0. The van der Waals surface area contributed by atoms with Crippen molar-refractivity contribution in [1.29, 1.82) is 0 Å². The van der Waals surface area contributed by atoms with E-state index in [-0.39, 0.29) is 0 Å². The maximum atomic E-state index is 2.42. The van der Waals surface area contributed by atoms with Crippen molar-refractivity contribution in [3.05, 3.63) is 120 Å². The number of rotatable bonds is 2. The van der Waals surface area contributed by atoms with Gasteiger partial charge in [-0.2, -0.15) is 0 Å². The van der Waals surface area contributed by atoms with Crippen molar-refractivity contribution >= 4 is 22.0 Å². The summed E-state index contributed by atoms with van der Waals surface area (Å²) < 4.78 is 2.42. The fourth-order valence-electron chi connectivity index (χ4n) is 3.79. The molecule has 0 saturated heterocycles. The van der Waals surface area contributed by atoms with Gasteiger partial charge in [-0.15, -0.1) is 0 Å². The van der Waals surface area contributed by atoms with E-state index in [1.54, 1.807) is 0 Å². The van der Waals surface area contributed by atoms with Crippen LogP contribution in [0.4, 0.5) is 0 Å². The summed E-state index contributed by atoms with van der Waals surface area (Å²) in [6, 6.07) is 32.3. The molecule has 0 spiro atoms. The molecule has 4 aromatic rings. The molecule has 1 aliphatic heterocycles. The molecule has 0 atom stereocenters. The molecule has 0 amide bonds. The van der Waals surface area contributed by atoms with Gasteiger partial charge in [-0.3, -0.25) is 0 Å². The molecule has 5 rings (SSSR count). The van der Waals surface area contributed by atoms with E-state index in [1.807, 2.05) is 0 Å². The minimum Gasteiger partial charge on any atom is -0.337 e. The van der Waals surface area contributed by atoms with Gasteiger partial charge in [0.05, 0.1) is 5.69 Å². The van der Waals surface area contributed by atoms with Crippen LogP contribution in [-0.2, 0) is 6.54 Å². The summed E-state index contributed by atoms with van der Waals surface area (Å²) >= 11 is 0. The maximum absolute atomic E-state index is 2.42. The Kier molecular flexibility index (Phi) is 3.57. The van der Waals surface area contributed by atoms with Crippen LogP contribution < -0.4 is 0 Å². The molecule has 0 fully saturated rings. The Labute approximate surface area is 153 Å². The van der Waals surface area contributed by atoms with E-state index < -0.39 is 0 Å². The van der Waals surface area contributed by atoms with Gasteiger partial charge in [-0.05, 0) is 34.9 Å². The Bertz CT molecular complexity index is 1130. The Hall–Kier alpha value is -3.32. The first-order chi connectivity index (χ1) is 12.9. The van der Waals surface area contributed by atoms with Crippen LogP contribution in [-0.4, -0.2) is 4.57 Å². The number of fused-ring (bicyclic) bond motifs is 3. The third-order valence-corrected chi connectivity index (χ3v) is 5.07. The normalized spacial score (nSPS) is 13.7. The number of aromatic nitrogens is 1. The van der Waals surface area contributed by atoms with Crippen LogP contribution >= 0.6 is 0 Å². The lowest BCUT2D eigenvalue weighted by molar-refractivity contribution is 0.854. The first-order valence-corrected chi connectivity index (χ1v) is 9.01. The number of benzene rings is 3. The molecule has 1 heteroatoms. The molecule has 26 heavy (non-hydrogen) atoms. The largest absolute Gasteiger partial charge is 0.337 e. The van der Waals surface area contributed by atoms with E-state index in [0.717, 1.165) is 6.54 Å². The minimum atomic E-state index is 0.875. The topological polar surface area (TPSA) is 4.93 Å². The van der Waals surface area contributed by atoms with E-state index >= 15 is 0 Å². The lowest BCUT2D eigenvalue weighted by Gasteiger charge is -2.10. The maximum Gasteiger partial charge on any atom is 0.0500 e. The lowest BCUT2D eigenvalue weighted by Crippen LogP contribution is -2.00. The van der Waals surface area contributed by atoms with Gasteiger partial charge >= 0.3 is 0 Å². The number of nitrogens with zero attached hydrogens (tertiary/aromatic N) is 1. The standard InChI is InChI=1S/C25H19N/c1-3-9-19(10-4-1)21-15-16-26-24-14-8-7-13-22(24)18-25(26)23(17-21)20-11-5-2-6-12-20/h1-15,17-18H,16H2. The average molecular weight is 333 g/mol. The fourth-order valence-corrected chi connectivity index (χ4v) is 3.79. The van der Waals surface area contributed by atoms with Gasteiger partial charge in [0.1, 0.15) is 0 Å². The molecular weight excluding hydrogens is 314 g/mol. The lowest BCUT2D eigenvalue weighted by atomic mass is 9.97. The smallest absolute Gasteiger partial charge is 0.0500 e. The predicted molar refractivity (Wildman–Crippen MR) is 110 cm³/mol. The van der Waals surface area contributed by atoms with Gasteiger partial charge < -0.3 is 4.57 Å². The first kappa shape index (κ1) is 15.0. The van der Waals surface area contributed by atoms with Crippen LogP contribution in [0.25, 0.3) is 22.0 Å². The molecular formula is C25H19N. The van der Waals surface area contributed by atoms with E-state index in [0.29, 0.717) is 0 Å². The fraction of sp³-hybridized carbons (Fsp3) is 0.0400. The Morgan fingerprint density at radius 3 is 2.08 bits per heavy atom. The molecule has 0 aliphatic carbocycles.